The third-order valence-electron chi connectivity index (χ3n) is 3.45. The normalized spacial score (nSPS) is 11.4. The Balaban J connectivity index is 1.98. The zero-order valence-corrected chi connectivity index (χ0v) is 15.8. The molecule has 26 heavy (non-hydrogen) atoms. The van der Waals surface area contributed by atoms with Crippen molar-refractivity contribution in [3.05, 3.63) is 24.3 Å². The Labute approximate surface area is 154 Å². The molecular formula is C17H21F2N3O3S. The Morgan fingerprint density at radius 2 is 1.77 bits per heavy atom. The largest absolute Gasteiger partial charge is 0.435 e. The minimum atomic E-state index is -2.87. The summed E-state index contributed by atoms with van der Waals surface area (Å²) < 4.78 is 34.1. The highest BCUT2D eigenvalue weighted by atomic mass is 32.2. The third-order valence-corrected chi connectivity index (χ3v) is 4.26. The summed E-state index contributed by atoms with van der Waals surface area (Å²) in [5.74, 6) is 0.478. The first-order valence-electron chi connectivity index (χ1n) is 8.10. The number of alkyl halides is 2. The van der Waals surface area contributed by atoms with Crippen LogP contribution in [0.25, 0.3) is 11.5 Å². The first kappa shape index (κ1) is 20.2. The summed E-state index contributed by atoms with van der Waals surface area (Å²) in [4.78, 5) is 14.1. The van der Waals surface area contributed by atoms with Crippen molar-refractivity contribution in [1.82, 2.24) is 15.1 Å². The van der Waals surface area contributed by atoms with Gasteiger partial charge in [-0.15, -0.1) is 10.2 Å². The molecule has 2 rings (SSSR count). The summed E-state index contributed by atoms with van der Waals surface area (Å²) >= 11 is 1.16. The third kappa shape index (κ3) is 5.42. The van der Waals surface area contributed by atoms with E-state index in [2.05, 4.69) is 14.9 Å². The fraction of sp³-hybridized carbons (Fsp3) is 0.471. The number of nitrogens with zero attached hydrogens (tertiary/aromatic N) is 3. The maximum absolute atomic E-state index is 12.3. The molecule has 0 atom stereocenters. The molecule has 1 aromatic heterocycles. The number of aromatic nitrogens is 2. The van der Waals surface area contributed by atoms with Crippen LogP contribution in [0, 0.1) is 0 Å². The molecule has 0 spiro atoms. The van der Waals surface area contributed by atoms with Crippen LogP contribution in [0.1, 0.15) is 27.7 Å². The number of rotatable bonds is 8. The maximum Gasteiger partial charge on any atom is 0.387 e. The van der Waals surface area contributed by atoms with Gasteiger partial charge in [0, 0.05) is 17.6 Å². The highest BCUT2D eigenvalue weighted by Crippen LogP contribution is 2.26. The number of carbonyl (C=O) groups is 1. The van der Waals surface area contributed by atoms with Crippen LogP contribution in [0.4, 0.5) is 8.78 Å². The monoisotopic (exact) mass is 385 g/mol. The van der Waals surface area contributed by atoms with E-state index in [0.717, 1.165) is 11.8 Å². The van der Waals surface area contributed by atoms with Crippen LogP contribution in [0.2, 0.25) is 0 Å². The predicted molar refractivity (Wildman–Crippen MR) is 94.2 cm³/mol. The van der Waals surface area contributed by atoms with Gasteiger partial charge >= 0.3 is 6.61 Å². The Morgan fingerprint density at radius 3 is 2.31 bits per heavy atom. The van der Waals surface area contributed by atoms with Gasteiger partial charge in [0.05, 0.1) is 5.75 Å². The number of hydrogen-bond acceptors (Lipinski definition) is 6. The Bertz CT molecular complexity index is 712. The van der Waals surface area contributed by atoms with Gasteiger partial charge in [0.2, 0.25) is 11.8 Å². The first-order valence-corrected chi connectivity index (χ1v) is 9.09. The Morgan fingerprint density at radius 1 is 1.15 bits per heavy atom. The summed E-state index contributed by atoms with van der Waals surface area (Å²) in [6.07, 6.45) is 0. The molecule has 142 valence electrons. The number of benzene rings is 1. The van der Waals surface area contributed by atoms with Crippen LogP contribution in [-0.2, 0) is 4.79 Å². The second kappa shape index (κ2) is 8.98. The highest BCUT2D eigenvalue weighted by molar-refractivity contribution is 7.99. The summed E-state index contributed by atoms with van der Waals surface area (Å²) in [7, 11) is 0. The molecule has 0 fully saturated rings. The van der Waals surface area contributed by atoms with Gasteiger partial charge in [-0.05, 0) is 52.0 Å². The van der Waals surface area contributed by atoms with Crippen molar-refractivity contribution in [2.45, 2.75) is 51.6 Å². The van der Waals surface area contributed by atoms with E-state index in [9.17, 15) is 13.6 Å². The maximum atomic E-state index is 12.3. The summed E-state index contributed by atoms with van der Waals surface area (Å²) in [5.41, 5.74) is 0.572. The van der Waals surface area contributed by atoms with E-state index in [1.165, 1.54) is 12.1 Å². The van der Waals surface area contributed by atoms with Crippen molar-refractivity contribution in [3.63, 3.8) is 0 Å². The highest BCUT2D eigenvalue weighted by Gasteiger charge is 2.21. The zero-order valence-electron chi connectivity index (χ0n) is 15.0. The minimum absolute atomic E-state index is 0.00625. The molecule has 0 saturated heterocycles. The first-order chi connectivity index (χ1) is 12.3. The molecule has 0 aliphatic carbocycles. The second-order valence-electron chi connectivity index (χ2n) is 6.05. The number of carbonyl (C=O) groups excluding carboxylic acids is 1. The lowest BCUT2D eigenvalue weighted by Gasteiger charge is -2.30. The van der Waals surface area contributed by atoms with Crippen LogP contribution >= 0.6 is 11.8 Å². The number of thioether (sulfide) groups is 1. The summed E-state index contributed by atoms with van der Waals surface area (Å²) in [5, 5.41) is 8.10. The fourth-order valence-electron chi connectivity index (χ4n) is 2.53. The number of amides is 1. The smallest absolute Gasteiger partial charge is 0.387 e. The van der Waals surface area contributed by atoms with Crippen molar-refractivity contribution >= 4 is 17.7 Å². The average Bonchev–Trinajstić information content (AvgIpc) is 3.01. The molecule has 0 radical (unpaired) electrons. The van der Waals surface area contributed by atoms with Gasteiger partial charge in [0.1, 0.15) is 5.75 Å². The molecule has 0 aliphatic heterocycles. The quantitative estimate of drug-likeness (QED) is 0.638. The molecule has 1 heterocycles. The molecule has 1 amide bonds. The molecule has 2 aromatic rings. The average molecular weight is 385 g/mol. The summed E-state index contributed by atoms with van der Waals surface area (Å²) in [6.45, 7) is 4.99. The standard InChI is InChI=1S/C17H21F2N3O3S/c1-10(2)22(11(3)4)14(23)9-26-17-21-20-15(25-17)12-5-7-13(8-6-12)24-16(18)19/h5-8,10-11,16H,9H2,1-4H3. The van der Waals surface area contributed by atoms with Crippen molar-refractivity contribution < 1.29 is 22.7 Å². The van der Waals surface area contributed by atoms with Gasteiger partial charge in [-0.1, -0.05) is 11.8 Å². The number of ether oxygens (including phenoxy) is 1. The molecule has 6 nitrogen and oxygen atoms in total. The van der Waals surface area contributed by atoms with E-state index < -0.39 is 6.61 Å². The number of halogens is 2. The fourth-order valence-corrected chi connectivity index (χ4v) is 3.17. The van der Waals surface area contributed by atoms with Gasteiger partial charge in [-0.2, -0.15) is 8.78 Å². The lowest BCUT2D eigenvalue weighted by atomic mass is 10.2. The lowest BCUT2D eigenvalue weighted by Crippen LogP contribution is -2.43. The topological polar surface area (TPSA) is 68.5 Å². The van der Waals surface area contributed by atoms with Crippen molar-refractivity contribution in [3.8, 4) is 17.2 Å². The second-order valence-corrected chi connectivity index (χ2v) is 6.98. The van der Waals surface area contributed by atoms with Crippen LogP contribution in [0.5, 0.6) is 5.75 Å². The van der Waals surface area contributed by atoms with Crippen LogP contribution < -0.4 is 4.74 Å². The van der Waals surface area contributed by atoms with E-state index in [0.29, 0.717) is 5.56 Å². The number of hydrogen-bond donors (Lipinski definition) is 0. The van der Waals surface area contributed by atoms with E-state index >= 15 is 0 Å². The SMILES string of the molecule is CC(C)N(C(=O)CSc1nnc(-c2ccc(OC(F)F)cc2)o1)C(C)C. The molecule has 0 bridgehead atoms. The lowest BCUT2D eigenvalue weighted by molar-refractivity contribution is -0.131. The zero-order chi connectivity index (χ0) is 19.3. The molecule has 0 aliphatic rings. The predicted octanol–water partition coefficient (Wildman–Crippen LogP) is 4.08. The molecule has 0 N–H and O–H groups in total. The Kier molecular flexibility index (Phi) is 6.96. The van der Waals surface area contributed by atoms with E-state index in [-0.39, 0.29) is 40.6 Å². The minimum Gasteiger partial charge on any atom is -0.435 e. The van der Waals surface area contributed by atoms with Crippen molar-refractivity contribution in [1.29, 1.82) is 0 Å². The molecule has 0 unspecified atom stereocenters. The van der Waals surface area contributed by atoms with Gasteiger partial charge in [0.15, 0.2) is 0 Å². The van der Waals surface area contributed by atoms with Crippen LogP contribution in [-0.4, -0.2) is 45.5 Å². The molecule has 9 heteroatoms. The molecule has 0 saturated carbocycles. The van der Waals surface area contributed by atoms with Crippen molar-refractivity contribution in [2.24, 2.45) is 0 Å². The molecule has 1 aromatic carbocycles. The summed E-state index contributed by atoms with van der Waals surface area (Å²) in [6, 6.07) is 6.09. The van der Waals surface area contributed by atoms with Gasteiger partial charge in [-0.25, -0.2) is 0 Å². The molecular weight excluding hydrogens is 364 g/mol. The van der Waals surface area contributed by atoms with Gasteiger partial charge < -0.3 is 14.1 Å². The van der Waals surface area contributed by atoms with Gasteiger partial charge in [-0.3, -0.25) is 4.79 Å². The van der Waals surface area contributed by atoms with Crippen molar-refractivity contribution in [2.75, 3.05) is 5.75 Å². The van der Waals surface area contributed by atoms with Gasteiger partial charge in [0.25, 0.3) is 5.22 Å². The van der Waals surface area contributed by atoms with Crippen LogP contribution in [0.3, 0.4) is 0 Å². The van der Waals surface area contributed by atoms with Crippen LogP contribution in [0.15, 0.2) is 33.9 Å². The van der Waals surface area contributed by atoms with E-state index in [1.807, 2.05) is 27.7 Å². The van der Waals surface area contributed by atoms with E-state index in [4.69, 9.17) is 4.42 Å². The Hall–Kier alpha value is -2.16. The van der Waals surface area contributed by atoms with E-state index in [1.54, 1.807) is 17.0 Å².